The van der Waals surface area contributed by atoms with E-state index in [2.05, 4.69) is 0 Å². The standard InChI is InChI=1S/C12H15F2NO3S/c13-12(14)19(17,18)11-5-3-9(4-6-11)15-7-1-2-10(16)8-15/h3-6,10,12,16H,1-2,7-8H2/t10-/m1/s1. The molecule has 1 aromatic carbocycles. The van der Waals surface area contributed by atoms with Crippen molar-refractivity contribution in [2.75, 3.05) is 18.0 Å². The highest BCUT2D eigenvalue weighted by molar-refractivity contribution is 7.91. The van der Waals surface area contributed by atoms with E-state index in [0.29, 0.717) is 6.54 Å². The Kier molecular flexibility index (Phi) is 4.05. The first-order chi connectivity index (χ1) is 8.91. The molecule has 1 fully saturated rings. The lowest BCUT2D eigenvalue weighted by atomic mass is 10.1. The highest BCUT2D eigenvalue weighted by Crippen LogP contribution is 2.24. The quantitative estimate of drug-likeness (QED) is 0.920. The molecule has 1 aliphatic rings. The van der Waals surface area contributed by atoms with Gasteiger partial charge in [0.25, 0.3) is 0 Å². The molecule has 0 amide bonds. The van der Waals surface area contributed by atoms with Crippen molar-refractivity contribution in [2.45, 2.75) is 29.6 Å². The molecule has 0 bridgehead atoms. The molecule has 19 heavy (non-hydrogen) atoms. The van der Waals surface area contributed by atoms with Gasteiger partial charge in [-0.25, -0.2) is 8.42 Å². The Morgan fingerprint density at radius 3 is 2.42 bits per heavy atom. The summed E-state index contributed by atoms with van der Waals surface area (Å²) in [5, 5.41) is 9.56. The number of benzene rings is 1. The molecular weight excluding hydrogens is 276 g/mol. The van der Waals surface area contributed by atoms with Crippen LogP contribution < -0.4 is 4.90 Å². The van der Waals surface area contributed by atoms with E-state index in [1.807, 2.05) is 4.90 Å². The van der Waals surface area contributed by atoms with Crippen LogP contribution in [-0.4, -0.2) is 38.5 Å². The number of halogens is 2. The second-order valence-corrected chi connectivity index (χ2v) is 6.46. The predicted octanol–water partition coefficient (Wildman–Crippen LogP) is 1.64. The minimum absolute atomic E-state index is 0.385. The third-order valence-electron chi connectivity index (χ3n) is 3.16. The number of nitrogens with zero attached hydrogens (tertiary/aromatic N) is 1. The van der Waals surface area contributed by atoms with Crippen LogP contribution in [0.2, 0.25) is 0 Å². The summed E-state index contributed by atoms with van der Waals surface area (Å²) in [6.45, 7) is 1.24. The van der Waals surface area contributed by atoms with Crippen LogP contribution in [0.1, 0.15) is 12.8 Å². The van der Waals surface area contributed by atoms with E-state index in [9.17, 15) is 22.3 Å². The molecule has 1 saturated heterocycles. The van der Waals surface area contributed by atoms with Crippen LogP contribution in [0, 0.1) is 0 Å². The number of sulfone groups is 1. The van der Waals surface area contributed by atoms with Crippen LogP contribution in [0.25, 0.3) is 0 Å². The van der Waals surface area contributed by atoms with Crippen LogP contribution in [0.15, 0.2) is 29.2 Å². The molecule has 1 atom stereocenters. The molecule has 0 aliphatic carbocycles. The molecular formula is C12H15F2NO3S. The molecule has 1 heterocycles. The molecule has 7 heteroatoms. The van der Waals surface area contributed by atoms with Crippen molar-refractivity contribution < 1.29 is 22.3 Å². The van der Waals surface area contributed by atoms with Gasteiger partial charge in [0.2, 0.25) is 9.84 Å². The highest BCUT2D eigenvalue weighted by Gasteiger charge is 2.26. The normalized spacial score (nSPS) is 20.8. The zero-order chi connectivity index (χ0) is 14.0. The molecule has 1 N–H and O–H groups in total. The molecule has 0 saturated carbocycles. The topological polar surface area (TPSA) is 57.6 Å². The number of alkyl halides is 2. The molecule has 0 aromatic heterocycles. The van der Waals surface area contributed by atoms with E-state index in [4.69, 9.17) is 0 Å². The average molecular weight is 291 g/mol. The third-order valence-corrected chi connectivity index (χ3v) is 4.56. The van der Waals surface area contributed by atoms with Crippen LogP contribution >= 0.6 is 0 Å². The summed E-state index contributed by atoms with van der Waals surface area (Å²) >= 11 is 0. The summed E-state index contributed by atoms with van der Waals surface area (Å²) in [5.74, 6) is -3.41. The SMILES string of the molecule is O=S(=O)(c1ccc(N2CCC[C@@H](O)C2)cc1)C(F)F. The number of hydrogen-bond donors (Lipinski definition) is 1. The van der Waals surface area contributed by atoms with Crippen molar-refractivity contribution in [1.82, 2.24) is 0 Å². The minimum atomic E-state index is -4.54. The summed E-state index contributed by atoms with van der Waals surface area (Å²) in [7, 11) is -4.54. The second-order valence-electron chi connectivity index (χ2n) is 4.54. The van der Waals surface area contributed by atoms with Gasteiger partial charge in [-0.3, -0.25) is 0 Å². The molecule has 4 nitrogen and oxygen atoms in total. The van der Waals surface area contributed by atoms with Gasteiger partial charge in [0.15, 0.2) is 0 Å². The summed E-state index contributed by atoms with van der Waals surface area (Å²) in [6, 6.07) is 5.34. The summed E-state index contributed by atoms with van der Waals surface area (Å²) in [4.78, 5) is 1.52. The van der Waals surface area contributed by atoms with E-state index in [0.717, 1.165) is 25.1 Å². The van der Waals surface area contributed by atoms with Gasteiger partial charge in [0, 0.05) is 18.8 Å². The fourth-order valence-corrected chi connectivity index (χ4v) is 2.86. The maximum atomic E-state index is 12.4. The number of anilines is 1. The van der Waals surface area contributed by atoms with Crippen molar-refractivity contribution in [3.05, 3.63) is 24.3 Å². The Balaban J connectivity index is 2.19. The lowest BCUT2D eigenvalue weighted by molar-refractivity contribution is 0.154. The van der Waals surface area contributed by atoms with Crippen LogP contribution in [0.4, 0.5) is 14.5 Å². The monoisotopic (exact) mass is 291 g/mol. The first-order valence-electron chi connectivity index (χ1n) is 5.96. The zero-order valence-electron chi connectivity index (χ0n) is 10.2. The Bertz CT molecular complexity index is 530. The number of rotatable bonds is 3. The minimum Gasteiger partial charge on any atom is -0.391 e. The molecule has 0 spiro atoms. The smallest absolute Gasteiger partial charge is 0.341 e. The third kappa shape index (κ3) is 3.03. The van der Waals surface area contributed by atoms with Crippen LogP contribution in [0.3, 0.4) is 0 Å². The molecule has 1 aliphatic heterocycles. The van der Waals surface area contributed by atoms with Gasteiger partial charge in [0.05, 0.1) is 11.0 Å². The van der Waals surface area contributed by atoms with Gasteiger partial charge < -0.3 is 10.0 Å². The molecule has 1 aromatic rings. The van der Waals surface area contributed by atoms with Gasteiger partial charge in [-0.15, -0.1) is 0 Å². The number of β-amino-alcohol motifs (C(OH)–C–C–N with tert-alkyl or cyclic N) is 1. The fraction of sp³-hybridized carbons (Fsp3) is 0.500. The van der Waals surface area contributed by atoms with Gasteiger partial charge in [0.1, 0.15) is 0 Å². The average Bonchev–Trinajstić information content (AvgIpc) is 2.38. The van der Waals surface area contributed by atoms with Crippen molar-refractivity contribution >= 4 is 15.5 Å². The van der Waals surface area contributed by atoms with Gasteiger partial charge >= 0.3 is 5.76 Å². The first-order valence-corrected chi connectivity index (χ1v) is 7.51. The molecule has 2 rings (SSSR count). The van der Waals surface area contributed by atoms with E-state index in [1.54, 1.807) is 0 Å². The Morgan fingerprint density at radius 1 is 1.26 bits per heavy atom. The Hall–Kier alpha value is -1.21. The number of aliphatic hydroxyl groups excluding tert-OH is 1. The second kappa shape index (κ2) is 5.42. The Morgan fingerprint density at radius 2 is 1.89 bits per heavy atom. The van der Waals surface area contributed by atoms with Gasteiger partial charge in [-0.2, -0.15) is 8.78 Å². The summed E-state index contributed by atoms with van der Waals surface area (Å²) in [5.41, 5.74) is 0.729. The van der Waals surface area contributed by atoms with E-state index in [-0.39, 0.29) is 4.90 Å². The summed E-state index contributed by atoms with van der Waals surface area (Å²) in [6.07, 6.45) is 1.19. The van der Waals surface area contributed by atoms with Crippen molar-refractivity contribution in [2.24, 2.45) is 0 Å². The van der Waals surface area contributed by atoms with Crippen molar-refractivity contribution in [1.29, 1.82) is 0 Å². The van der Waals surface area contributed by atoms with Gasteiger partial charge in [-0.1, -0.05) is 0 Å². The van der Waals surface area contributed by atoms with E-state index in [1.165, 1.54) is 24.3 Å². The highest BCUT2D eigenvalue weighted by atomic mass is 32.2. The zero-order valence-corrected chi connectivity index (χ0v) is 11.0. The molecule has 0 radical (unpaired) electrons. The van der Waals surface area contributed by atoms with Crippen LogP contribution in [-0.2, 0) is 9.84 Å². The lowest BCUT2D eigenvalue weighted by Crippen LogP contribution is -2.38. The molecule has 106 valence electrons. The Labute approximate surface area is 110 Å². The summed E-state index contributed by atoms with van der Waals surface area (Å²) < 4.78 is 47.3. The predicted molar refractivity (Wildman–Crippen MR) is 67.1 cm³/mol. The van der Waals surface area contributed by atoms with Crippen molar-refractivity contribution in [3.63, 3.8) is 0 Å². The number of hydrogen-bond acceptors (Lipinski definition) is 4. The van der Waals surface area contributed by atoms with Crippen LogP contribution in [0.5, 0.6) is 0 Å². The van der Waals surface area contributed by atoms with E-state index < -0.39 is 21.7 Å². The first kappa shape index (κ1) is 14.2. The van der Waals surface area contributed by atoms with Crippen molar-refractivity contribution in [3.8, 4) is 0 Å². The molecule has 0 unspecified atom stereocenters. The maximum Gasteiger partial charge on any atom is 0.341 e. The van der Waals surface area contributed by atoms with Gasteiger partial charge in [-0.05, 0) is 37.1 Å². The number of piperidine rings is 1. The number of aliphatic hydroxyl groups is 1. The largest absolute Gasteiger partial charge is 0.391 e. The lowest BCUT2D eigenvalue weighted by Gasteiger charge is -2.32. The fourth-order valence-electron chi connectivity index (χ4n) is 2.14. The van der Waals surface area contributed by atoms with E-state index >= 15 is 0 Å². The maximum absolute atomic E-state index is 12.4.